The van der Waals surface area contributed by atoms with Gasteiger partial charge in [0.1, 0.15) is 6.10 Å². The Morgan fingerprint density at radius 2 is 1.63 bits per heavy atom. The highest BCUT2D eigenvalue weighted by molar-refractivity contribution is 6.01. The Balaban J connectivity index is 1.53. The molecule has 0 aromatic carbocycles. The summed E-state index contributed by atoms with van der Waals surface area (Å²) in [6.07, 6.45) is -0.881. The third-order valence-corrected chi connectivity index (χ3v) is 11.0. The molecular formula is C32H42FN3O15. The molecule has 0 aromatic rings. The number of carbonyl (C=O) groups excluding carboxylic acids is 5. The molecule has 2 unspecified atom stereocenters. The highest BCUT2D eigenvalue weighted by atomic mass is 19.1. The maximum absolute atomic E-state index is 17.6. The lowest BCUT2D eigenvalue weighted by Gasteiger charge is -2.62. The minimum absolute atomic E-state index is 0.0456. The van der Waals surface area contributed by atoms with E-state index in [-0.39, 0.29) is 57.5 Å². The minimum Gasteiger partial charge on any atom is -0.457 e. The summed E-state index contributed by atoms with van der Waals surface area (Å²) in [5.41, 5.74) is -7.24. The van der Waals surface area contributed by atoms with Gasteiger partial charge in [-0.15, -0.1) is 20.2 Å². The number of rotatable bonds is 17. The highest BCUT2D eigenvalue weighted by Gasteiger charge is 2.78. The van der Waals surface area contributed by atoms with Gasteiger partial charge in [0, 0.05) is 36.1 Å². The lowest BCUT2D eigenvalue weighted by molar-refractivity contribution is -0.757. The summed E-state index contributed by atoms with van der Waals surface area (Å²) in [5, 5.41) is 44.4. The van der Waals surface area contributed by atoms with Crippen molar-refractivity contribution in [3.8, 4) is 0 Å². The zero-order chi connectivity index (χ0) is 37.8. The minimum atomic E-state index is -2.43. The second-order valence-corrected chi connectivity index (χ2v) is 13.7. The van der Waals surface area contributed by atoms with Crippen molar-refractivity contribution < 1.29 is 67.9 Å². The van der Waals surface area contributed by atoms with E-state index in [0.29, 0.717) is 5.57 Å². The van der Waals surface area contributed by atoms with Crippen molar-refractivity contribution in [1.29, 1.82) is 0 Å². The van der Waals surface area contributed by atoms with Crippen molar-refractivity contribution in [2.45, 2.75) is 95.1 Å². The molecule has 3 saturated carbocycles. The number of amides is 1. The highest BCUT2D eigenvalue weighted by Crippen LogP contribution is 2.70. The van der Waals surface area contributed by atoms with Gasteiger partial charge in [-0.2, -0.15) is 0 Å². The average Bonchev–Trinajstić information content (AvgIpc) is 3.27. The van der Waals surface area contributed by atoms with E-state index in [1.54, 1.807) is 6.92 Å². The third-order valence-electron chi connectivity index (χ3n) is 11.0. The molecule has 0 bridgehead atoms. The fourth-order valence-electron chi connectivity index (χ4n) is 8.63. The Labute approximate surface area is 290 Å². The second-order valence-electron chi connectivity index (χ2n) is 13.7. The quantitative estimate of drug-likeness (QED) is 0.0823. The summed E-state index contributed by atoms with van der Waals surface area (Å²) in [4.78, 5) is 93.1. The van der Waals surface area contributed by atoms with Crippen LogP contribution in [0.3, 0.4) is 0 Å². The molecule has 8 atom stereocenters. The smallest absolute Gasteiger partial charge is 0.308 e. The number of ketones is 2. The first-order valence-corrected chi connectivity index (χ1v) is 16.6. The molecule has 0 saturated heterocycles. The van der Waals surface area contributed by atoms with Gasteiger partial charge in [-0.05, 0) is 63.5 Å². The molecule has 282 valence electrons. The molecule has 18 nitrogen and oxygen atoms in total. The number of fused-ring (bicyclic) bond motifs is 5. The van der Waals surface area contributed by atoms with Crippen molar-refractivity contribution >= 4 is 29.4 Å². The molecular weight excluding hydrogens is 685 g/mol. The van der Waals surface area contributed by atoms with E-state index in [2.05, 4.69) is 15.0 Å². The zero-order valence-electron chi connectivity index (χ0n) is 28.2. The molecule has 1 amide bonds. The van der Waals surface area contributed by atoms with E-state index < -0.39 is 112 Å². The fraction of sp³-hybridized carbons (Fsp3) is 0.719. The van der Waals surface area contributed by atoms with E-state index in [0.717, 1.165) is 0 Å². The molecule has 0 aliphatic heterocycles. The Bertz CT molecular complexity index is 1500. The average molecular weight is 728 g/mol. The number of nitrogens with one attached hydrogen (secondary N) is 1. The van der Waals surface area contributed by atoms with Crippen LogP contribution in [0.2, 0.25) is 0 Å². The number of Topliss-reactive ketones (excluding diaryl/α,β-unsaturated/α-hetero) is 1. The summed E-state index contributed by atoms with van der Waals surface area (Å²) in [6.45, 7) is 1.11. The Kier molecular flexibility index (Phi) is 11.8. The van der Waals surface area contributed by atoms with Crippen LogP contribution in [0.15, 0.2) is 23.8 Å². The number of carbonyl (C=O) groups is 5. The third kappa shape index (κ3) is 7.44. The summed E-state index contributed by atoms with van der Waals surface area (Å²) in [6, 6.07) is 0. The lowest BCUT2D eigenvalue weighted by Crippen LogP contribution is -2.70. The molecule has 0 heterocycles. The van der Waals surface area contributed by atoms with Crippen molar-refractivity contribution in [3.63, 3.8) is 0 Å². The van der Waals surface area contributed by atoms with Gasteiger partial charge in [0.25, 0.3) is 10.2 Å². The van der Waals surface area contributed by atoms with Crippen molar-refractivity contribution in [2.75, 3.05) is 26.4 Å². The van der Waals surface area contributed by atoms with E-state index in [1.165, 1.54) is 25.2 Å². The normalized spacial score (nSPS) is 33.4. The van der Waals surface area contributed by atoms with Gasteiger partial charge in [0.15, 0.2) is 18.1 Å². The number of alkyl halides is 1. The monoisotopic (exact) mass is 727 g/mol. The molecule has 4 aliphatic rings. The van der Waals surface area contributed by atoms with Crippen LogP contribution < -0.4 is 5.32 Å². The van der Waals surface area contributed by atoms with Gasteiger partial charge in [-0.1, -0.05) is 18.6 Å². The van der Waals surface area contributed by atoms with Crippen molar-refractivity contribution in [2.24, 2.45) is 22.7 Å². The first kappa shape index (κ1) is 39.3. The summed E-state index contributed by atoms with van der Waals surface area (Å²) >= 11 is 0. The second kappa shape index (κ2) is 15.4. The maximum Gasteiger partial charge on any atom is 0.308 e. The number of aliphatic hydroxyl groups is 2. The first-order valence-electron chi connectivity index (χ1n) is 16.6. The number of nitrogens with zero attached hydrogens (tertiary/aromatic N) is 2. The topological polar surface area (TPSA) is 261 Å². The van der Waals surface area contributed by atoms with Crippen LogP contribution in [-0.4, -0.2) is 99.6 Å². The fourth-order valence-corrected chi connectivity index (χ4v) is 8.63. The molecule has 0 radical (unpaired) electrons. The molecule has 4 aliphatic carbocycles. The molecule has 51 heavy (non-hydrogen) atoms. The van der Waals surface area contributed by atoms with Crippen LogP contribution in [0.25, 0.3) is 0 Å². The van der Waals surface area contributed by atoms with Gasteiger partial charge >= 0.3 is 11.9 Å². The van der Waals surface area contributed by atoms with Gasteiger partial charge in [-0.3, -0.25) is 24.0 Å². The van der Waals surface area contributed by atoms with Gasteiger partial charge < -0.3 is 34.7 Å². The maximum atomic E-state index is 17.6. The number of aliphatic hydroxyl groups excluding tert-OH is 2. The number of hydrogen-bond acceptors (Lipinski definition) is 15. The van der Waals surface area contributed by atoms with E-state index in [4.69, 9.17) is 9.47 Å². The zero-order valence-corrected chi connectivity index (χ0v) is 28.2. The molecule has 3 N–H and O–H groups in total. The van der Waals surface area contributed by atoms with Crippen molar-refractivity contribution in [3.05, 3.63) is 44.0 Å². The largest absolute Gasteiger partial charge is 0.457 e. The number of hydrogen-bond donors (Lipinski definition) is 3. The van der Waals surface area contributed by atoms with Gasteiger partial charge in [-0.25, -0.2) is 4.39 Å². The summed E-state index contributed by atoms with van der Waals surface area (Å²) in [5.74, 6) is -5.69. The Morgan fingerprint density at radius 1 is 0.980 bits per heavy atom. The summed E-state index contributed by atoms with van der Waals surface area (Å²) in [7, 11) is 0. The molecule has 0 spiro atoms. The van der Waals surface area contributed by atoms with E-state index >= 15 is 4.39 Å². The Morgan fingerprint density at radius 3 is 2.27 bits per heavy atom. The predicted molar refractivity (Wildman–Crippen MR) is 167 cm³/mol. The van der Waals surface area contributed by atoms with Crippen LogP contribution in [0.5, 0.6) is 0 Å². The van der Waals surface area contributed by atoms with E-state index in [9.17, 15) is 54.4 Å². The predicted octanol–water partition coefficient (Wildman–Crippen LogP) is 1.21. The lowest BCUT2D eigenvalue weighted by atomic mass is 9.44. The van der Waals surface area contributed by atoms with Crippen molar-refractivity contribution in [1.82, 2.24) is 5.32 Å². The van der Waals surface area contributed by atoms with Crippen LogP contribution in [0.4, 0.5) is 4.39 Å². The molecule has 4 rings (SSSR count). The Hall–Kier alpha value is -4.52. The number of ether oxygens (including phenoxy) is 2. The van der Waals surface area contributed by atoms with Crippen LogP contribution in [0.1, 0.15) is 71.6 Å². The first-order chi connectivity index (χ1) is 23.9. The SMILES string of the molecule is C[C@]12C=CC(=O)C=C1CCC1C3C[C@@H](O)[C@](OC(=O)CCCO[N+](=O)[O-])(C(=O)COC(=O)CCNC(=O)CCCO[N+](=O)[O-])[C@@]3(C)C[C@H](O)[C@@]12F. The molecule has 0 aromatic heterocycles. The number of esters is 2. The number of allylic oxidation sites excluding steroid dienone is 4. The summed E-state index contributed by atoms with van der Waals surface area (Å²) < 4.78 is 28.6. The van der Waals surface area contributed by atoms with Crippen LogP contribution >= 0.6 is 0 Å². The van der Waals surface area contributed by atoms with Crippen LogP contribution in [-0.2, 0) is 43.1 Å². The number of halogens is 1. The van der Waals surface area contributed by atoms with Gasteiger partial charge in [0.05, 0.1) is 25.7 Å². The van der Waals surface area contributed by atoms with Gasteiger partial charge in [0.2, 0.25) is 17.3 Å². The molecule has 19 heteroatoms. The standard InChI is InChI=1S/C32H42FN3O15/c1-29-11-9-20(37)15-19(29)7-8-21-22-16-23(38)32(30(22,2)17-24(39)31(21,29)33,51-28(43)6-4-14-50-36(46)47)25(40)18-48-27(42)10-12-34-26(41)5-3-13-49-35(44)45/h9,11,15,21-24,38-39H,3-8,10,12-14,16-18H2,1-2H3,(H,34,41)/t21?,22?,23-,24+,29+,30+,31+,32+/m1/s1. The molecule has 3 fully saturated rings. The van der Waals surface area contributed by atoms with E-state index in [1.807, 2.05) is 0 Å². The van der Waals surface area contributed by atoms with Crippen LogP contribution in [0, 0.1) is 42.9 Å².